The smallest absolute Gasteiger partial charge is 0.245 e. The van der Waals surface area contributed by atoms with Gasteiger partial charge in [0.05, 0.1) is 50.7 Å². The van der Waals surface area contributed by atoms with Crippen LogP contribution in [0.5, 0.6) is 0 Å². The predicted molar refractivity (Wildman–Crippen MR) is 373 cm³/mol. The molecule has 7 rings (SSSR count). The number of amides is 7. The number of aromatic nitrogens is 1. The first kappa shape index (κ1) is 84.6. The SMILES string of the molecule is C[C@@H](O)[C@H](NC(=O)[C@H](CCCCN)NC(=O)[C@@H](Cc1c[nH]c2ccccc12)NC(=O)[C@H](Cc1ccccc1)NC(=O)[C@H](CS)NC(=O)[C@@H](Cc1ccccc1)N[C@@H]1O[C@H](CO)[C@@H](O[C@@H]2O[C@H](CO)[C@@H](O[C@H]3O[C@H](CO)[C@@H](O)[C@H](O)[C@H]3O)[C@H](O)[C@H]2O)[C@H](O)[C@H]1O)C(=O)N[C@@H](CS)C(=O)N[C@H](CO)[C@@H](C)O. The number of thiol groups is 2. The highest BCUT2D eigenvalue weighted by Gasteiger charge is 2.54. The average molecular weight is 1510 g/mol. The molecular formula is C67H98N10O25S2. The van der Waals surface area contributed by atoms with Crippen LogP contribution in [0, 0.1) is 0 Å². The number of para-hydroxylation sites is 1. The number of ether oxygens (including phenoxy) is 5. The molecule has 24 N–H and O–H groups in total. The van der Waals surface area contributed by atoms with Crippen LogP contribution in [0.4, 0.5) is 0 Å². The van der Waals surface area contributed by atoms with Gasteiger partial charge in [0.15, 0.2) is 12.6 Å². The van der Waals surface area contributed by atoms with Crippen LogP contribution in [0.2, 0.25) is 0 Å². The number of hydrogen-bond acceptors (Lipinski definition) is 29. The van der Waals surface area contributed by atoms with E-state index < -0.39 is 226 Å². The second-order valence-corrected chi connectivity index (χ2v) is 26.5. The number of nitrogens with one attached hydrogen (secondary N) is 9. The quantitative estimate of drug-likeness (QED) is 0.0146. The van der Waals surface area contributed by atoms with Crippen molar-refractivity contribution in [1.82, 2.24) is 47.5 Å². The Balaban J connectivity index is 1.09. The van der Waals surface area contributed by atoms with Crippen molar-refractivity contribution in [2.45, 2.75) is 205 Å². The normalized spacial score (nSPS) is 27.8. The van der Waals surface area contributed by atoms with Crippen molar-refractivity contribution < 1.29 is 124 Å². The summed E-state index contributed by atoms with van der Waals surface area (Å²) in [5.41, 5.74) is 8.09. The first-order valence-corrected chi connectivity index (χ1v) is 35.2. The summed E-state index contributed by atoms with van der Waals surface area (Å²) >= 11 is 8.58. The van der Waals surface area contributed by atoms with E-state index in [-0.39, 0.29) is 44.4 Å². The summed E-state index contributed by atoms with van der Waals surface area (Å²) in [6.07, 6.45) is -28.9. The highest BCUT2D eigenvalue weighted by atomic mass is 32.1. The summed E-state index contributed by atoms with van der Waals surface area (Å²) in [6.45, 7) is -0.685. The van der Waals surface area contributed by atoms with E-state index in [0.717, 1.165) is 0 Å². The molecule has 3 aromatic carbocycles. The topological polar surface area (TPSA) is 567 Å². The number of fused-ring (bicyclic) bond motifs is 1. The molecule has 0 saturated carbocycles. The lowest BCUT2D eigenvalue weighted by molar-refractivity contribution is -0.373. The molecule has 37 heteroatoms. The van der Waals surface area contributed by atoms with Crippen molar-refractivity contribution in [1.29, 1.82) is 0 Å². The molecule has 3 saturated heterocycles. The van der Waals surface area contributed by atoms with E-state index in [9.17, 15) is 95.2 Å². The van der Waals surface area contributed by atoms with Gasteiger partial charge in [0.25, 0.3) is 0 Å². The predicted octanol–water partition coefficient (Wildman–Crippen LogP) is -8.26. The Morgan fingerprint density at radius 3 is 1.48 bits per heavy atom. The molecule has 3 aliphatic heterocycles. The Hall–Kier alpha value is -6.61. The Morgan fingerprint density at radius 1 is 0.490 bits per heavy atom. The number of unbranched alkanes of at least 4 members (excludes halogenated alkanes) is 1. The van der Waals surface area contributed by atoms with Gasteiger partial charge in [-0.1, -0.05) is 78.9 Å². The number of H-pyrrole nitrogens is 1. The number of carbonyl (C=O) groups is 7. The zero-order valence-corrected chi connectivity index (χ0v) is 58.8. The third kappa shape index (κ3) is 22.5. The van der Waals surface area contributed by atoms with Gasteiger partial charge in [-0.15, -0.1) is 0 Å². The number of aromatic amines is 1. The number of hydrogen-bond donors (Lipinski definition) is 25. The van der Waals surface area contributed by atoms with Crippen LogP contribution in [0.1, 0.15) is 49.8 Å². The Bertz CT molecular complexity index is 3370. The van der Waals surface area contributed by atoms with Crippen LogP contribution in [0.25, 0.3) is 10.9 Å². The Morgan fingerprint density at radius 2 is 0.942 bits per heavy atom. The highest BCUT2D eigenvalue weighted by molar-refractivity contribution is 7.80. The van der Waals surface area contributed by atoms with Crippen molar-refractivity contribution in [3.8, 4) is 0 Å². The van der Waals surface area contributed by atoms with Gasteiger partial charge in [0.1, 0.15) is 116 Å². The van der Waals surface area contributed by atoms with Gasteiger partial charge >= 0.3 is 0 Å². The molecule has 7 amide bonds. The molecule has 1 aromatic heterocycles. The van der Waals surface area contributed by atoms with E-state index in [1.807, 2.05) is 0 Å². The van der Waals surface area contributed by atoms with Gasteiger partial charge < -0.3 is 138 Å². The van der Waals surface area contributed by atoms with Crippen LogP contribution in [-0.4, -0.2) is 310 Å². The molecule has 3 fully saturated rings. The molecule has 25 atom stereocenters. The van der Waals surface area contributed by atoms with E-state index in [1.54, 1.807) is 91.1 Å². The molecule has 3 aliphatic rings. The van der Waals surface area contributed by atoms with Gasteiger partial charge in [-0.05, 0) is 68.8 Å². The van der Waals surface area contributed by atoms with Crippen LogP contribution >= 0.6 is 25.3 Å². The first-order chi connectivity index (χ1) is 49.7. The molecule has 35 nitrogen and oxygen atoms in total. The lowest BCUT2D eigenvalue weighted by atomic mass is 9.95. The molecule has 0 aliphatic carbocycles. The fraction of sp³-hybridized carbons (Fsp3) is 0.597. The maximum Gasteiger partial charge on any atom is 0.245 e. The fourth-order valence-corrected chi connectivity index (χ4v) is 12.6. The number of nitrogens with two attached hydrogens (primary N) is 1. The molecule has 104 heavy (non-hydrogen) atoms. The van der Waals surface area contributed by atoms with Gasteiger partial charge in [-0.2, -0.15) is 25.3 Å². The minimum atomic E-state index is -2.11. The van der Waals surface area contributed by atoms with Crippen LogP contribution in [-0.2, 0) is 76.5 Å². The molecule has 4 heterocycles. The third-order valence-electron chi connectivity index (χ3n) is 18.1. The standard InChI is InChI=1S/C67H98N10O25S2/c1-31(82)42(25-78)73-63(96)44(30-104)75-64(97)48(32(2)83)77-58(91)38(19-11-12-20-68)70-61(94)41(23-35-24-69-37-18-10-9-17-36(35)37)72-59(92)39(21-33-13-5-3-6-14-33)71-62(95)43(29-103)74-60(93)40(22-34-15-7-4-8-16-34)76-65-53(88)51(86)56(46(27-80)98-65)101-67-55(90)52(87)57(47(28-81)100-67)102-66-54(89)50(85)49(84)45(26-79)99-66/h3-10,13-18,24,31-32,38-57,65-67,69,76,78-90,103-104H,11-12,19-23,25-30,68H2,1-2H3,(H,70,94)(H,71,95)(H,72,92)(H,73,96)(H,74,93)(H,75,97)(H,77,91)/t31-,32-,38+,39+,40-,41-,42-,43+,44+,45-,46-,47-,48+,49-,50+,51-,52-,53-,54-,55-,56-,57-,65-,66-,67+/m1/s1. The lowest BCUT2D eigenvalue weighted by Crippen LogP contribution is -2.68. The van der Waals surface area contributed by atoms with E-state index in [2.05, 4.69) is 72.8 Å². The minimum absolute atomic E-state index is 0.0794. The number of benzene rings is 3. The van der Waals surface area contributed by atoms with Gasteiger partial charge in [0.2, 0.25) is 41.4 Å². The second-order valence-electron chi connectivity index (χ2n) is 25.7. The van der Waals surface area contributed by atoms with E-state index in [0.29, 0.717) is 34.0 Å². The summed E-state index contributed by atoms with van der Waals surface area (Å²) < 4.78 is 28.6. The van der Waals surface area contributed by atoms with Crippen LogP contribution in [0.3, 0.4) is 0 Å². The van der Waals surface area contributed by atoms with Crippen LogP contribution < -0.4 is 48.3 Å². The third-order valence-corrected chi connectivity index (χ3v) is 18.8. The molecule has 0 unspecified atom stereocenters. The molecule has 0 radical (unpaired) electrons. The van der Waals surface area contributed by atoms with Gasteiger partial charge in [-0.3, -0.25) is 38.9 Å². The van der Waals surface area contributed by atoms with Crippen molar-refractivity contribution in [2.75, 3.05) is 44.5 Å². The highest BCUT2D eigenvalue weighted by Crippen LogP contribution is 2.33. The molecule has 4 aromatic rings. The van der Waals surface area contributed by atoms with Gasteiger partial charge in [0, 0.05) is 41.4 Å². The average Bonchev–Trinajstić information content (AvgIpc) is 0.861. The summed E-state index contributed by atoms with van der Waals surface area (Å²) in [7, 11) is 0. The molecule has 0 spiro atoms. The zero-order valence-electron chi connectivity index (χ0n) is 57.0. The maximum absolute atomic E-state index is 15.1. The van der Waals surface area contributed by atoms with Crippen molar-refractivity contribution >= 4 is 77.5 Å². The van der Waals surface area contributed by atoms with E-state index in [4.69, 9.17) is 29.4 Å². The summed E-state index contributed by atoms with van der Waals surface area (Å²) in [6, 6.07) is 12.1. The zero-order chi connectivity index (χ0) is 76.1. The summed E-state index contributed by atoms with van der Waals surface area (Å²) in [5, 5.41) is 160. The minimum Gasteiger partial charge on any atom is -0.394 e. The molecular weight excluding hydrogens is 1410 g/mol. The number of aliphatic hydroxyl groups excluding tert-OH is 13. The monoisotopic (exact) mass is 1510 g/mol. The van der Waals surface area contributed by atoms with Crippen molar-refractivity contribution in [2.24, 2.45) is 5.73 Å². The fourth-order valence-electron chi connectivity index (χ4n) is 12.0. The second kappa shape index (κ2) is 40.9. The van der Waals surface area contributed by atoms with Gasteiger partial charge in [-0.25, -0.2) is 0 Å². The van der Waals surface area contributed by atoms with Crippen molar-refractivity contribution in [3.05, 3.63) is 108 Å². The largest absolute Gasteiger partial charge is 0.394 e. The lowest BCUT2D eigenvalue weighted by Gasteiger charge is -2.48. The van der Waals surface area contributed by atoms with Crippen molar-refractivity contribution in [3.63, 3.8) is 0 Å². The Kier molecular flexibility index (Phi) is 33.3. The summed E-state index contributed by atoms with van der Waals surface area (Å²) in [4.78, 5) is 104. The number of rotatable bonds is 38. The molecule has 0 bridgehead atoms. The molecule has 578 valence electrons. The number of carbonyl (C=O) groups excluding carboxylic acids is 7. The van der Waals surface area contributed by atoms with E-state index >= 15 is 4.79 Å². The Labute approximate surface area is 609 Å². The summed E-state index contributed by atoms with van der Waals surface area (Å²) in [5.74, 6) is -7.26. The van der Waals surface area contributed by atoms with E-state index in [1.165, 1.54) is 13.8 Å². The maximum atomic E-state index is 15.1. The number of aliphatic hydroxyl groups is 13. The first-order valence-electron chi connectivity index (χ1n) is 34.0. The van der Waals surface area contributed by atoms with Crippen LogP contribution in [0.15, 0.2) is 91.1 Å².